The molecular formula is C12H15N3O2S. The van der Waals surface area contributed by atoms with E-state index in [1.54, 1.807) is 0 Å². The standard InChI is InChI=1S/C12H15N3O2S/c1-8(2)17-10-6-4-3-5-9(10)16-7-11-14-15-12(13)18-11/h3-6,8H,7H2,1-2H3,(H2,13,15). The lowest BCUT2D eigenvalue weighted by Crippen LogP contribution is -2.07. The van der Waals surface area contributed by atoms with Gasteiger partial charge in [-0.25, -0.2) is 0 Å². The average molecular weight is 265 g/mol. The van der Waals surface area contributed by atoms with Crippen LogP contribution in [0.15, 0.2) is 24.3 Å². The molecule has 0 fully saturated rings. The molecule has 2 rings (SSSR count). The minimum atomic E-state index is 0.104. The lowest BCUT2D eigenvalue weighted by molar-refractivity contribution is 0.218. The van der Waals surface area contributed by atoms with Crippen molar-refractivity contribution < 1.29 is 9.47 Å². The van der Waals surface area contributed by atoms with Crippen molar-refractivity contribution in [1.29, 1.82) is 0 Å². The van der Waals surface area contributed by atoms with Gasteiger partial charge in [-0.15, -0.1) is 10.2 Å². The summed E-state index contributed by atoms with van der Waals surface area (Å²) >= 11 is 1.32. The molecule has 96 valence electrons. The van der Waals surface area contributed by atoms with Gasteiger partial charge in [0.2, 0.25) is 5.13 Å². The fourth-order valence-corrected chi connectivity index (χ4v) is 1.91. The number of hydrogen-bond donors (Lipinski definition) is 1. The van der Waals surface area contributed by atoms with Gasteiger partial charge in [-0.3, -0.25) is 0 Å². The zero-order chi connectivity index (χ0) is 13.0. The van der Waals surface area contributed by atoms with Crippen LogP contribution >= 0.6 is 11.3 Å². The van der Waals surface area contributed by atoms with Gasteiger partial charge in [0, 0.05) is 0 Å². The first-order chi connectivity index (χ1) is 8.65. The highest BCUT2D eigenvalue weighted by atomic mass is 32.1. The van der Waals surface area contributed by atoms with E-state index in [1.165, 1.54) is 11.3 Å². The molecule has 0 unspecified atom stereocenters. The van der Waals surface area contributed by atoms with Gasteiger partial charge in [0.25, 0.3) is 0 Å². The predicted octanol–water partition coefficient (Wildman–Crippen LogP) is 2.49. The Hall–Kier alpha value is -1.82. The molecule has 5 nitrogen and oxygen atoms in total. The minimum Gasteiger partial charge on any atom is -0.487 e. The molecule has 1 aromatic heterocycles. The molecule has 0 aliphatic rings. The maximum Gasteiger partial charge on any atom is 0.203 e. The summed E-state index contributed by atoms with van der Waals surface area (Å²) in [4.78, 5) is 0. The molecule has 1 aromatic carbocycles. The Bertz CT molecular complexity index is 514. The molecule has 0 saturated heterocycles. The van der Waals surface area contributed by atoms with Gasteiger partial charge in [0.15, 0.2) is 16.5 Å². The summed E-state index contributed by atoms with van der Waals surface area (Å²) in [7, 11) is 0. The molecule has 0 radical (unpaired) electrons. The lowest BCUT2D eigenvalue weighted by atomic mass is 10.3. The van der Waals surface area contributed by atoms with Crippen LogP contribution < -0.4 is 15.2 Å². The van der Waals surface area contributed by atoms with Gasteiger partial charge in [-0.1, -0.05) is 23.5 Å². The number of rotatable bonds is 5. The maximum absolute atomic E-state index is 5.66. The topological polar surface area (TPSA) is 70.3 Å². The Balaban J connectivity index is 2.04. The average Bonchev–Trinajstić information content (AvgIpc) is 2.73. The molecule has 2 aromatic rings. The quantitative estimate of drug-likeness (QED) is 0.899. The first-order valence-electron chi connectivity index (χ1n) is 5.61. The van der Waals surface area contributed by atoms with E-state index in [-0.39, 0.29) is 6.10 Å². The Morgan fingerprint density at radius 1 is 1.22 bits per heavy atom. The number of para-hydroxylation sites is 2. The minimum absolute atomic E-state index is 0.104. The number of nitrogens with two attached hydrogens (primary N) is 1. The SMILES string of the molecule is CC(C)Oc1ccccc1OCc1nnc(N)s1. The zero-order valence-corrected chi connectivity index (χ0v) is 11.1. The number of anilines is 1. The smallest absolute Gasteiger partial charge is 0.203 e. The van der Waals surface area contributed by atoms with Crippen LogP contribution in [0.5, 0.6) is 11.5 Å². The number of aromatic nitrogens is 2. The van der Waals surface area contributed by atoms with E-state index in [0.717, 1.165) is 10.8 Å². The number of nitrogen functional groups attached to an aromatic ring is 1. The molecule has 6 heteroatoms. The Kier molecular flexibility index (Phi) is 3.99. The molecule has 0 aliphatic heterocycles. The highest BCUT2D eigenvalue weighted by Crippen LogP contribution is 2.28. The third kappa shape index (κ3) is 3.33. The second-order valence-corrected chi connectivity index (χ2v) is 5.03. The summed E-state index contributed by atoms with van der Waals surface area (Å²) in [5.74, 6) is 1.42. The molecule has 0 saturated carbocycles. The van der Waals surface area contributed by atoms with Crippen molar-refractivity contribution in [2.75, 3.05) is 5.73 Å². The highest BCUT2D eigenvalue weighted by molar-refractivity contribution is 7.15. The molecule has 18 heavy (non-hydrogen) atoms. The number of ether oxygens (including phenoxy) is 2. The van der Waals surface area contributed by atoms with Gasteiger partial charge in [0.05, 0.1) is 6.10 Å². The third-order valence-electron chi connectivity index (χ3n) is 2.05. The van der Waals surface area contributed by atoms with Gasteiger partial charge in [0.1, 0.15) is 6.61 Å². The van der Waals surface area contributed by atoms with Gasteiger partial charge in [-0.2, -0.15) is 0 Å². The highest BCUT2D eigenvalue weighted by Gasteiger charge is 2.08. The largest absolute Gasteiger partial charge is 0.487 e. The molecule has 2 N–H and O–H groups in total. The number of nitrogens with zero attached hydrogens (tertiary/aromatic N) is 2. The zero-order valence-electron chi connectivity index (χ0n) is 10.3. The fraction of sp³-hybridized carbons (Fsp3) is 0.333. The van der Waals surface area contributed by atoms with E-state index in [0.29, 0.717) is 17.5 Å². The molecule has 0 atom stereocenters. The van der Waals surface area contributed by atoms with Crippen molar-refractivity contribution in [3.05, 3.63) is 29.3 Å². The van der Waals surface area contributed by atoms with Gasteiger partial charge < -0.3 is 15.2 Å². The molecule has 0 aliphatic carbocycles. The van der Waals surface area contributed by atoms with Crippen molar-refractivity contribution in [2.24, 2.45) is 0 Å². The molecule has 0 spiro atoms. The van der Waals surface area contributed by atoms with Gasteiger partial charge in [-0.05, 0) is 26.0 Å². The second kappa shape index (κ2) is 5.68. The van der Waals surface area contributed by atoms with E-state index >= 15 is 0 Å². The van der Waals surface area contributed by atoms with Crippen LogP contribution in [0.25, 0.3) is 0 Å². The molecule has 0 amide bonds. The molecular weight excluding hydrogens is 250 g/mol. The van der Waals surface area contributed by atoms with Crippen LogP contribution in [0.3, 0.4) is 0 Å². The summed E-state index contributed by atoms with van der Waals surface area (Å²) in [5, 5.41) is 8.82. The van der Waals surface area contributed by atoms with E-state index in [2.05, 4.69) is 10.2 Å². The van der Waals surface area contributed by atoms with Crippen LogP contribution in [-0.4, -0.2) is 16.3 Å². The van der Waals surface area contributed by atoms with Crippen LogP contribution in [0, 0.1) is 0 Å². The van der Waals surface area contributed by atoms with Crippen LogP contribution in [-0.2, 0) is 6.61 Å². The summed E-state index contributed by atoms with van der Waals surface area (Å²) in [6.45, 7) is 4.29. The first-order valence-corrected chi connectivity index (χ1v) is 6.43. The van der Waals surface area contributed by atoms with E-state index in [9.17, 15) is 0 Å². The second-order valence-electron chi connectivity index (χ2n) is 3.94. The fourth-order valence-electron chi connectivity index (χ4n) is 1.39. The normalized spacial score (nSPS) is 10.6. The third-order valence-corrected chi connectivity index (χ3v) is 2.77. The summed E-state index contributed by atoms with van der Waals surface area (Å²) in [5.41, 5.74) is 5.51. The number of hydrogen-bond acceptors (Lipinski definition) is 6. The van der Waals surface area contributed by atoms with Crippen LogP contribution in [0.2, 0.25) is 0 Å². The van der Waals surface area contributed by atoms with Crippen molar-refractivity contribution in [1.82, 2.24) is 10.2 Å². The predicted molar refractivity (Wildman–Crippen MR) is 70.9 cm³/mol. The van der Waals surface area contributed by atoms with Gasteiger partial charge >= 0.3 is 0 Å². The van der Waals surface area contributed by atoms with E-state index in [1.807, 2.05) is 38.1 Å². The van der Waals surface area contributed by atoms with Crippen molar-refractivity contribution in [3.8, 4) is 11.5 Å². The maximum atomic E-state index is 5.66. The van der Waals surface area contributed by atoms with E-state index in [4.69, 9.17) is 15.2 Å². The number of benzene rings is 1. The van der Waals surface area contributed by atoms with E-state index < -0.39 is 0 Å². The Labute approximate surface area is 110 Å². The summed E-state index contributed by atoms with van der Waals surface area (Å²) < 4.78 is 11.3. The first kappa shape index (κ1) is 12.6. The molecule has 0 bridgehead atoms. The monoisotopic (exact) mass is 265 g/mol. The summed E-state index contributed by atoms with van der Waals surface area (Å²) in [6.07, 6.45) is 0.104. The van der Waals surface area contributed by atoms with Crippen molar-refractivity contribution in [3.63, 3.8) is 0 Å². The Morgan fingerprint density at radius 3 is 2.56 bits per heavy atom. The van der Waals surface area contributed by atoms with Crippen molar-refractivity contribution >= 4 is 16.5 Å². The molecule has 1 heterocycles. The van der Waals surface area contributed by atoms with Crippen LogP contribution in [0.1, 0.15) is 18.9 Å². The van der Waals surface area contributed by atoms with Crippen LogP contribution in [0.4, 0.5) is 5.13 Å². The Morgan fingerprint density at radius 2 is 1.94 bits per heavy atom. The summed E-state index contributed by atoms with van der Waals surface area (Å²) in [6, 6.07) is 7.55. The van der Waals surface area contributed by atoms with Crippen molar-refractivity contribution in [2.45, 2.75) is 26.6 Å². The lowest BCUT2D eigenvalue weighted by Gasteiger charge is -2.13.